The molecule has 3 aromatic rings. The number of anilines is 1. The summed E-state index contributed by atoms with van der Waals surface area (Å²) < 4.78 is 41.1. The molecule has 4 fully saturated rings. The summed E-state index contributed by atoms with van der Waals surface area (Å²) in [7, 11) is 0. The minimum absolute atomic E-state index is 0.0400. The summed E-state index contributed by atoms with van der Waals surface area (Å²) in [5.41, 5.74) is -0.287. The number of aromatic nitrogens is 3. The Morgan fingerprint density at radius 1 is 1.12 bits per heavy atom. The van der Waals surface area contributed by atoms with Crippen LogP contribution >= 0.6 is 0 Å². The Balaban J connectivity index is 1.19. The van der Waals surface area contributed by atoms with Crippen LogP contribution in [0, 0.1) is 18.2 Å². The van der Waals surface area contributed by atoms with E-state index in [1.807, 2.05) is 0 Å². The predicted octanol–water partition coefficient (Wildman–Crippen LogP) is 3.33. The zero-order valence-corrected chi connectivity index (χ0v) is 22.7. The number of rotatable bonds is 7. The average molecular weight is 563 g/mol. The number of phenols is 1. The summed E-state index contributed by atoms with van der Waals surface area (Å²) in [5, 5.41) is 14.8. The molecule has 0 spiro atoms. The Labute approximate surface area is 236 Å². The topological polar surface area (TPSA) is 95.9 Å². The number of nitrogens with zero attached hydrogens (tertiary/aromatic N) is 5. The van der Waals surface area contributed by atoms with E-state index in [1.54, 1.807) is 6.07 Å². The fraction of sp³-hybridized carbons (Fsp3) is 0.500. The van der Waals surface area contributed by atoms with E-state index in [2.05, 4.69) is 31.0 Å². The summed E-state index contributed by atoms with van der Waals surface area (Å²) >= 11 is 0. The number of benzene rings is 2. The molecule has 0 radical (unpaired) electrons. The molecule has 0 amide bonds. The third kappa shape index (κ3) is 4.89. The van der Waals surface area contributed by atoms with Gasteiger partial charge in [0.05, 0.1) is 11.1 Å². The fourth-order valence-corrected chi connectivity index (χ4v) is 7.05. The van der Waals surface area contributed by atoms with Crippen molar-refractivity contribution in [2.75, 3.05) is 37.7 Å². The molecule has 1 aromatic heterocycles. The van der Waals surface area contributed by atoms with Crippen molar-refractivity contribution < 1.29 is 23.4 Å². The van der Waals surface area contributed by atoms with Gasteiger partial charge in [-0.15, -0.1) is 6.42 Å². The number of piperazine rings is 1. The first-order valence-electron chi connectivity index (χ1n) is 14.2. The lowest BCUT2D eigenvalue weighted by Gasteiger charge is -2.33. The van der Waals surface area contributed by atoms with Crippen molar-refractivity contribution in [3.8, 4) is 29.9 Å². The average Bonchev–Trinajstić information content (AvgIpc) is 3.61. The number of halogens is 2. The van der Waals surface area contributed by atoms with Crippen LogP contribution in [0.4, 0.5) is 14.7 Å². The van der Waals surface area contributed by atoms with Gasteiger partial charge in [0, 0.05) is 49.6 Å². The molecule has 0 saturated carbocycles. The number of aromatic hydroxyl groups is 1. The standard InChI is InChI=1S/C30H32F2N6O3/c1-2-23-24(32)7-4-18-10-22(39)11-25(27(18)23)40-16-26-34-28(37-14-20-5-6-21(15-37)33-20)36-29(35-26)41-17-30-8-3-9-38(30)13-19(31)12-30/h1,4,7,10-11,19-21,33,39H,3,5-6,8-9,12-17H2/t19-,20-,21+,30+/m1/s1. The largest absolute Gasteiger partial charge is 0.508 e. The zero-order chi connectivity index (χ0) is 28.1. The second-order valence-corrected chi connectivity index (χ2v) is 11.6. The van der Waals surface area contributed by atoms with E-state index in [4.69, 9.17) is 20.9 Å². The molecule has 9 nitrogen and oxygen atoms in total. The van der Waals surface area contributed by atoms with E-state index >= 15 is 0 Å². The summed E-state index contributed by atoms with van der Waals surface area (Å²) in [6.07, 6.45) is 9.30. The minimum Gasteiger partial charge on any atom is -0.508 e. The number of terminal acetylenes is 1. The number of hydrogen-bond acceptors (Lipinski definition) is 9. The van der Waals surface area contributed by atoms with Crippen molar-refractivity contribution in [3.63, 3.8) is 0 Å². The van der Waals surface area contributed by atoms with Gasteiger partial charge in [0.15, 0.2) is 5.82 Å². The highest BCUT2D eigenvalue weighted by Gasteiger charge is 2.49. The first-order valence-corrected chi connectivity index (χ1v) is 14.2. The van der Waals surface area contributed by atoms with Crippen LogP contribution in [0.2, 0.25) is 0 Å². The lowest BCUT2D eigenvalue weighted by molar-refractivity contribution is 0.106. The van der Waals surface area contributed by atoms with Crippen molar-refractivity contribution >= 4 is 16.7 Å². The summed E-state index contributed by atoms with van der Waals surface area (Å²) in [5.74, 6) is 2.84. The molecule has 2 aromatic carbocycles. The fourth-order valence-electron chi connectivity index (χ4n) is 7.05. The molecule has 5 heterocycles. The van der Waals surface area contributed by atoms with Gasteiger partial charge < -0.3 is 24.8 Å². The Kier molecular flexibility index (Phi) is 6.55. The maximum atomic E-state index is 14.5. The van der Waals surface area contributed by atoms with Crippen LogP contribution in [-0.2, 0) is 6.61 Å². The van der Waals surface area contributed by atoms with E-state index in [0.29, 0.717) is 54.2 Å². The first kappa shape index (κ1) is 26.2. The molecule has 41 heavy (non-hydrogen) atoms. The molecular formula is C30H32F2N6O3. The van der Waals surface area contributed by atoms with Crippen LogP contribution < -0.4 is 19.7 Å². The second kappa shape index (κ2) is 10.3. The molecule has 214 valence electrons. The second-order valence-electron chi connectivity index (χ2n) is 11.6. The van der Waals surface area contributed by atoms with Crippen LogP contribution in [0.15, 0.2) is 24.3 Å². The molecular weight excluding hydrogens is 530 g/mol. The third-order valence-electron chi connectivity index (χ3n) is 8.90. The van der Waals surface area contributed by atoms with E-state index in [9.17, 15) is 13.9 Å². The molecule has 4 aliphatic heterocycles. The molecule has 4 atom stereocenters. The van der Waals surface area contributed by atoms with Gasteiger partial charge in [-0.3, -0.25) is 4.90 Å². The Morgan fingerprint density at radius 3 is 2.76 bits per heavy atom. The number of phenolic OH excluding ortho intramolecular Hbond substituents is 1. The summed E-state index contributed by atoms with van der Waals surface area (Å²) in [6.45, 7) is 3.05. The van der Waals surface area contributed by atoms with Crippen molar-refractivity contribution in [2.45, 2.75) is 62.5 Å². The van der Waals surface area contributed by atoms with Gasteiger partial charge in [-0.1, -0.05) is 12.0 Å². The number of alkyl halides is 1. The third-order valence-corrected chi connectivity index (χ3v) is 8.90. The van der Waals surface area contributed by atoms with Gasteiger partial charge in [-0.25, -0.2) is 8.78 Å². The lowest BCUT2D eigenvalue weighted by atomic mass is 9.95. The highest BCUT2D eigenvalue weighted by molar-refractivity contribution is 5.94. The smallest absolute Gasteiger partial charge is 0.321 e. The molecule has 0 aliphatic carbocycles. The maximum Gasteiger partial charge on any atom is 0.321 e. The molecule has 2 N–H and O–H groups in total. The number of hydrogen-bond donors (Lipinski definition) is 2. The van der Waals surface area contributed by atoms with E-state index in [1.165, 1.54) is 18.2 Å². The van der Waals surface area contributed by atoms with Gasteiger partial charge in [0.2, 0.25) is 5.95 Å². The monoisotopic (exact) mass is 562 g/mol. The van der Waals surface area contributed by atoms with Gasteiger partial charge >= 0.3 is 6.01 Å². The Hall–Kier alpha value is -3.75. The number of nitrogens with one attached hydrogen (secondary N) is 1. The molecule has 7 rings (SSSR count). The van der Waals surface area contributed by atoms with Gasteiger partial charge in [0.1, 0.15) is 36.7 Å². The molecule has 11 heteroatoms. The Bertz CT molecular complexity index is 1520. The summed E-state index contributed by atoms with van der Waals surface area (Å²) in [4.78, 5) is 18.3. The van der Waals surface area contributed by atoms with Crippen LogP contribution in [-0.4, -0.2) is 81.5 Å². The molecule has 4 aliphatic rings. The Morgan fingerprint density at radius 2 is 1.95 bits per heavy atom. The van der Waals surface area contributed by atoms with Crippen molar-refractivity contribution in [2.24, 2.45) is 0 Å². The van der Waals surface area contributed by atoms with E-state index in [0.717, 1.165) is 45.3 Å². The van der Waals surface area contributed by atoms with Crippen LogP contribution in [0.1, 0.15) is 43.5 Å². The molecule has 2 bridgehead atoms. The maximum absolute atomic E-state index is 14.5. The SMILES string of the molecule is C#Cc1c(F)ccc2cc(O)cc(OCc3nc(OC[C@@]45CCCN4C[C@H](F)C5)nc(N4C[C@H]5CC[C@@H](C4)N5)n3)c12. The molecule has 4 saturated heterocycles. The van der Waals surface area contributed by atoms with E-state index in [-0.39, 0.29) is 35.2 Å². The van der Waals surface area contributed by atoms with Gasteiger partial charge in [0.25, 0.3) is 0 Å². The minimum atomic E-state index is -0.858. The van der Waals surface area contributed by atoms with Crippen molar-refractivity contribution in [1.82, 2.24) is 25.2 Å². The van der Waals surface area contributed by atoms with Crippen molar-refractivity contribution in [3.05, 3.63) is 41.5 Å². The van der Waals surface area contributed by atoms with E-state index < -0.39 is 12.0 Å². The summed E-state index contributed by atoms with van der Waals surface area (Å²) in [6, 6.07) is 6.62. The predicted molar refractivity (Wildman–Crippen MR) is 148 cm³/mol. The van der Waals surface area contributed by atoms with Gasteiger partial charge in [-0.2, -0.15) is 15.0 Å². The highest BCUT2D eigenvalue weighted by atomic mass is 19.1. The van der Waals surface area contributed by atoms with Crippen LogP contribution in [0.5, 0.6) is 17.5 Å². The van der Waals surface area contributed by atoms with Crippen LogP contribution in [0.25, 0.3) is 10.8 Å². The lowest BCUT2D eigenvalue weighted by Crippen LogP contribution is -2.51. The number of fused-ring (bicyclic) bond motifs is 4. The highest BCUT2D eigenvalue weighted by Crippen LogP contribution is 2.40. The first-order chi connectivity index (χ1) is 19.9. The molecule has 0 unspecified atom stereocenters. The van der Waals surface area contributed by atoms with Gasteiger partial charge in [-0.05, 0) is 49.7 Å². The van der Waals surface area contributed by atoms with Crippen molar-refractivity contribution in [1.29, 1.82) is 0 Å². The number of ether oxygens (including phenoxy) is 2. The normalized spacial score (nSPS) is 27.2. The zero-order valence-electron chi connectivity index (χ0n) is 22.7. The van der Waals surface area contributed by atoms with Crippen LogP contribution in [0.3, 0.4) is 0 Å². The quantitative estimate of drug-likeness (QED) is 0.421.